The van der Waals surface area contributed by atoms with Gasteiger partial charge in [-0.05, 0) is 31.2 Å². The minimum absolute atomic E-state index is 0.440. The van der Waals surface area contributed by atoms with E-state index in [0.29, 0.717) is 23.6 Å². The Balaban J connectivity index is 2.85. The number of aliphatic carboxylic acids is 1. The fourth-order valence-corrected chi connectivity index (χ4v) is 2.04. The van der Waals surface area contributed by atoms with Crippen LogP contribution in [0.2, 0.25) is 5.02 Å². The summed E-state index contributed by atoms with van der Waals surface area (Å²) in [5.41, 5.74) is 1.31. The molecule has 0 fully saturated rings. The van der Waals surface area contributed by atoms with E-state index in [4.69, 9.17) is 22.0 Å². The third-order valence-electron chi connectivity index (χ3n) is 2.81. The van der Waals surface area contributed by atoms with Crippen molar-refractivity contribution in [2.45, 2.75) is 25.9 Å². The summed E-state index contributed by atoms with van der Waals surface area (Å²) in [6, 6.07) is 6.50. The molecule has 5 heteroatoms. The van der Waals surface area contributed by atoms with Crippen LogP contribution in [0.25, 0.3) is 0 Å². The highest BCUT2D eigenvalue weighted by molar-refractivity contribution is 6.31. The van der Waals surface area contributed by atoms with Gasteiger partial charge < -0.3 is 5.11 Å². The highest BCUT2D eigenvalue weighted by Gasteiger charge is 2.20. The van der Waals surface area contributed by atoms with Crippen LogP contribution in [0.4, 0.5) is 0 Å². The van der Waals surface area contributed by atoms with Crippen LogP contribution in [-0.4, -0.2) is 29.1 Å². The predicted octanol–water partition coefficient (Wildman–Crippen LogP) is 2.51. The molecule has 0 aliphatic heterocycles. The second kappa shape index (κ2) is 6.39. The van der Waals surface area contributed by atoms with Gasteiger partial charge in [-0.1, -0.05) is 24.6 Å². The molecule has 0 spiro atoms. The van der Waals surface area contributed by atoms with Gasteiger partial charge >= 0.3 is 5.97 Å². The van der Waals surface area contributed by atoms with Crippen LogP contribution < -0.4 is 0 Å². The number of likely N-dealkylation sites (N-methyl/N-ethyl adjacent to an activating group) is 1. The number of nitrogens with zero attached hydrogens (tertiary/aromatic N) is 2. The molecule has 0 aromatic heterocycles. The highest BCUT2D eigenvalue weighted by atomic mass is 35.5. The van der Waals surface area contributed by atoms with E-state index in [0.717, 1.165) is 5.56 Å². The Bertz CT molecular complexity index is 482. The summed E-state index contributed by atoms with van der Waals surface area (Å²) in [4.78, 5) is 12.8. The first-order valence-corrected chi connectivity index (χ1v) is 5.99. The lowest BCUT2D eigenvalue weighted by atomic mass is 10.1. The Morgan fingerprint density at radius 1 is 1.61 bits per heavy atom. The van der Waals surface area contributed by atoms with E-state index in [2.05, 4.69) is 0 Å². The summed E-state index contributed by atoms with van der Waals surface area (Å²) in [5, 5.41) is 18.3. The monoisotopic (exact) mass is 266 g/mol. The van der Waals surface area contributed by atoms with Crippen molar-refractivity contribution in [2.24, 2.45) is 0 Å². The van der Waals surface area contributed by atoms with Crippen molar-refractivity contribution in [3.05, 3.63) is 34.3 Å². The molecule has 0 radical (unpaired) electrons. The van der Waals surface area contributed by atoms with E-state index >= 15 is 0 Å². The molecular formula is C13H15ClN2O2. The van der Waals surface area contributed by atoms with Crippen LogP contribution in [0.5, 0.6) is 0 Å². The molecule has 18 heavy (non-hydrogen) atoms. The Labute approximate surface area is 111 Å². The largest absolute Gasteiger partial charge is 0.480 e. The number of nitriles is 1. The van der Waals surface area contributed by atoms with Crippen LogP contribution in [0.3, 0.4) is 0 Å². The minimum atomic E-state index is -0.843. The second-order valence-electron chi connectivity index (χ2n) is 4.10. The quantitative estimate of drug-likeness (QED) is 0.889. The van der Waals surface area contributed by atoms with E-state index < -0.39 is 12.0 Å². The molecule has 1 unspecified atom stereocenters. The Hall–Kier alpha value is -1.57. The number of carboxylic acids is 1. The summed E-state index contributed by atoms with van der Waals surface area (Å²) in [5.74, 6) is -0.843. The molecule has 1 atom stereocenters. The Kier molecular flexibility index (Phi) is 5.14. The van der Waals surface area contributed by atoms with Crippen LogP contribution in [0.1, 0.15) is 24.5 Å². The Morgan fingerprint density at radius 2 is 2.28 bits per heavy atom. The normalized spacial score (nSPS) is 12.2. The number of carbonyl (C=O) groups is 1. The Morgan fingerprint density at radius 3 is 2.72 bits per heavy atom. The number of carboxylic acid groups (broad SMARTS) is 1. The molecule has 0 heterocycles. The maximum atomic E-state index is 11.0. The standard InChI is InChI=1S/C13H15ClN2O2/c1-3-12(13(17)18)16(2)8-10-5-4-9(7-15)6-11(10)14/h4-6,12H,3,8H2,1-2H3,(H,17,18). The fourth-order valence-electron chi connectivity index (χ4n) is 1.80. The van der Waals surface area contributed by atoms with Crippen molar-refractivity contribution in [3.63, 3.8) is 0 Å². The summed E-state index contributed by atoms with van der Waals surface area (Å²) in [7, 11) is 1.75. The van der Waals surface area contributed by atoms with Gasteiger partial charge in [-0.25, -0.2) is 0 Å². The molecule has 0 saturated carbocycles. The number of hydrogen-bond acceptors (Lipinski definition) is 3. The third kappa shape index (κ3) is 3.46. The van der Waals surface area contributed by atoms with Gasteiger partial charge in [-0.3, -0.25) is 9.69 Å². The van der Waals surface area contributed by atoms with Gasteiger partial charge in [0, 0.05) is 11.6 Å². The van der Waals surface area contributed by atoms with Gasteiger partial charge in [0.2, 0.25) is 0 Å². The topological polar surface area (TPSA) is 64.3 Å². The zero-order chi connectivity index (χ0) is 13.7. The van der Waals surface area contributed by atoms with Crippen LogP contribution in [0, 0.1) is 11.3 Å². The lowest BCUT2D eigenvalue weighted by Crippen LogP contribution is -2.37. The molecule has 1 aromatic rings. The van der Waals surface area contributed by atoms with Crippen molar-refractivity contribution in [1.29, 1.82) is 5.26 Å². The molecule has 0 bridgehead atoms. The van der Waals surface area contributed by atoms with E-state index in [-0.39, 0.29) is 0 Å². The number of benzene rings is 1. The molecule has 0 amide bonds. The van der Waals surface area contributed by atoms with Crippen molar-refractivity contribution in [2.75, 3.05) is 7.05 Å². The minimum Gasteiger partial charge on any atom is -0.480 e. The average Bonchev–Trinajstić information content (AvgIpc) is 2.32. The summed E-state index contributed by atoms with van der Waals surface area (Å²) < 4.78 is 0. The first-order valence-electron chi connectivity index (χ1n) is 5.61. The lowest BCUT2D eigenvalue weighted by molar-refractivity contribution is -0.143. The fraction of sp³-hybridized carbons (Fsp3) is 0.385. The van der Waals surface area contributed by atoms with Crippen LogP contribution in [-0.2, 0) is 11.3 Å². The molecule has 1 aromatic carbocycles. The van der Waals surface area contributed by atoms with Crippen molar-refractivity contribution >= 4 is 17.6 Å². The van der Waals surface area contributed by atoms with E-state index in [9.17, 15) is 4.79 Å². The number of halogens is 1. The van der Waals surface area contributed by atoms with Gasteiger partial charge in [-0.15, -0.1) is 0 Å². The molecule has 96 valence electrons. The van der Waals surface area contributed by atoms with E-state index in [1.807, 2.05) is 13.0 Å². The molecule has 1 N–H and O–H groups in total. The molecule has 1 rings (SSSR count). The summed E-state index contributed by atoms with van der Waals surface area (Å²) >= 11 is 6.05. The first-order chi connectivity index (χ1) is 8.49. The van der Waals surface area contributed by atoms with Gasteiger partial charge in [0.05, 0.1) is 11.6 Å². The van der Waals surface area contributed by atoms with Gasteiger partial charge in [0.1, 0.15) is 6.04 Å². The predicted molar refractivity (Wildman–Crippen MR) is 69.3 cm³/mol. The van der Waals surface area contributed by atoms with Gasteiger partial charge in [0.25, 0.3) is 0 Å². The second-order valence-corrected chi connectivity index (χ2v) is 4.50. The van der Waals surface area contributed by atoms with Crippen molar-refractivity contribution in [1.82, 2.24) is 4.90 Å². The summed E-state index contributed by atoms with van der Waals surface area (Å²) in [6.07, 6.45) is 0.528. The van der Waals surface area contributed by atoms with Gasteiger partial charge in [-0.2, -0.15) is 5.26 Å². The molecular weight excluding hydrogens is 252 g/mol. The van der Waals surface area contributed by atoms with E-state index in [1.165, 1.54) is 0 Å². The van der Waals surface area contributed by atoms with Crippen LogP contribution in [0.15, 0.2) is 18.2 Å². The maximum Gasteiger partial charge on any atom is 0.320 e. The smallest absolute Gasteiger partial charge is 0.320 e. The highest BCUT2D eigenvalue weighted by Crippen LogP contribution is 2.20. The number of hydrogen-bond donors (Lipinski definition) is 1. The maximum absolute atomic E-state index is 11.0. The SMILES string of the molecule is CCC(C(=O)O)N(C)Cc1ccc(C#N)cc1Cl. The molecule has 0 aliphatic rings. The number of rotatable bonds is 5. The zero-order valence-corrected chi connectivity index (χ0v) is 11.1. The van der Waals surface area contributed by atoms with Crippen molar-refractivity contribution < 1.29 is 9.90 Å². The van der Waals surface area contributed by atoms with Crippen molar-refractivity contribution in [3.8, 4) is 6.07 Å². The first kappa shape index (κ1) is 14.5. The third-order valence-corrected chi connectivity index (χ3v) is 3.16. The lowest BCUT2D eigenvalue weighted by Gasteiger charge is -2.23. The van der Waals surface area contributed by atoms with Crippen LogP contribution >= 0.6 is 11.6 Å². The van der Waals surface area contributed by atoms with E-state index in [1.54, 1.807) is 30.1 Å². The average molecular weight is 267 g/mol. The molecule has 0 saturated heterocycles. The molecule has 0 aliphatic carbocycles. The molecule has 4 nitrogen and oxygen atoms in total. The zero-order valence-electron chi connectivity index (χ0n) is 10.4. The summed E-state index contributed by atoms with van der Waals surface area (Å²) in [6.45, 7) is 2.27. The van der Waals surface area contributed by atoms with Gasteiger partial charge in [0.15, 0.2) is 0 Å².